The Hall–Kier alpha value is -2.29. The number of fused-ring (bicyclic) bond motifs is 1. The maximum Gasteiger partial charge on any atom is 0.270 e. The van der Waals surface area contributed by atoms with Gasteiger partial charge in [-0.1, -0.05) is 0 Å². The highest BCUT2D eigenvalue weighted by Gasteiger charge is 2.41. The van der Waals surface area contributed by atoms with Crippen LogP contribution in [0, 0.1) is 10.1 Å². The van der Waals surface area contributed by atoms with Crippen molar-refractivity contribution in [3.63, 3.8) is 0 Å². The number of nitro benzene ring substituents is 1. The standard InChI is InChI=1S/C9H6N2O6S/c12-4-3-10-9(13)7-2-1-6(11(14)15)5-8(7)18(10,16)17/h1-2,4-5H,3H2. The number of aldehydes is 1. The first-order valence-corrected chi connectivity index (χ1v) is 6.12. The molecule has 0 aromatic heterocycles. The molecule has 9 heteroatoms. The van der Waals surface area contributed by atoms with E-state index in [0.29, 0.717) is 4.31 Å². The Morgan fingerprint density at radius 3 is 2.61 bits per heavy atom. The lowest BCUT2D eigenvalue weighted by atomic mass is 10.2. The lowest BCUT2D eigenvalue weighted by Crippen LogP contribution is -2.31. The van der Waals surface area contributed by atoms with Gasteiger partial charge < -0.3 is 4.79 Å². The summed E-state index contributed by atoms with van der Waals surface area (Å²) in [6.45, 7) is -0.607. The Kier molecular flexibility index (Phi) is 2.62. The average molecular weight is 270 g/mol. The predicted octanol–water partition coefficient (Wildman–Crippen LogP) is -0.0618. The molecule has 0 fully saturated rings. The van der Waals surface area contributed by atoms with Gasteiger partial charge in [0.05, 0.1) is 17.0 Å². The molecule has 1 aliphatic heterocycles. The van der Waals surface area contributed by atoms with E-state index in [4.69, 9.17) is 0 Å². The Balaban J connectivity index is 2.65. The van der Waals surface area contributed by atoms with E-state index in [0.717, 1.165) is 18.2 Å². The van der Waals surface area contributed by atoms with Crippen molar-refractivity contribution in [2.75, 3.05) is 6.54 Å². The molecule has 1 aromatic carbocycles. The SMILES string of the molecule is O=CCN1C(=O)c2ccc([N+](=O)[O-])cc2S1(=O)=O. The van der Waals surface area contributed by atoms with Gasteiger partial charge in [-0.25, -0.2) is 12.7 Å². The monoisotopic (exact) mass is 270 g/mol. The second-order valence-electron chi connectivity index (χ2n) is 3.45. The lowest BCUT2D eigenvalue weighted by Gasteiger charge is -2.09. The van der Waals surface area contributed by atoms with Crippen molar-refractivity contribution in [2.24, 2.45) is 0 Å². The average Bonchev–Trinajstić information content (AvgIpc) is 2.51. The fourth-order valence-corrected chi connectivity index (χ4v) is 3.14. The molecule has 1 amide bonds. The third kappa shape index (κ3) is 1.56. The van der Waals surface area contributed by atoms with Crippen molar-refractivity contribution < 1.29 is 22.9 Å². The minimum Gasteiger partial charge on any atom is -0.301 e. The number of amides is 1. The zero-order valence-electron chi connectivity index (χ0n) is 8.77. The van der Waals surface area contributed by atoms with E-state index < -0.39 is 38.0 Å². The summed E-state index contributed by atoms with van der Waals surface area (Å²) in [5, 5.41) is 10.6. The highest BCUT2D eigenvalue weighted by atomic mass is 32.2. The van der Waals surface area contributed by atoms with E-state index in [1.165, 1.54) is 0 Å². The summed E-state index contributed by atoms with van der Waals surface area (Å²) in [7, 11) is -4.17. The molecule has 2 rings (SSSR count). The number of sulfonamides is 1. The second-order valence-corrected chi connectivity index (χ2v) is 5.28. The number of nitrogens with zero attached hydrogens (tertiary/aromatic N) is 2. The van der Waals surface area contributed by atoms with Gasteiger partial charge in [0.1, 0.15) is 11.2 Å². The minimum atomic E-state index is -4.17. The van der Waals surface area contributed by atoms with Crippen LogP contribution in [0.5, 0.6) is 0 Å². The molecule has 8 nitrogen and oxygen atoms in total. The largest absolute Gasteiger partial charge is 0.301 e. The number of non-ortho nitro benzene ring substituents is 1. The van der Waals surface area contributed by atoms with Gasteiger partial charge in [-0.2, -0.15) is 0 Å². The fourth-order valence-electron chi connectivity index (χ4n) is 1.63. The van der Waals surface area contributed by atoms with Crippen molar-refractivity contribution in [1.29, 1.82) is 0 Å². The van der Waals surface area contributed by atoms with Gasteiger partial charge in [-0.15, -0.1) is 0 Å². The van der Waals surface area contributed by atoms with Crippen LogP contribution in [0.15, 0.2) is 23.1 Å². The van der Waals surface area contributed by atoms with E-state index in [1.54, 1.807) is 0 Å². The summed E-state index contributed by atoms with van der Waals surface area (Å²) < 4.78 is 24.1. The van der Waals surface area contributed by atoms with Crippen molar-refractivity contribution in [3.8, 4) is 0 Å². The van der Waals surface area contributed by atoms with Gasteiger partial charge in [-0.05, 0) is 6.07 Å². The van der Waals surface area contributed by atoms with E-state index in [2.05, 4.69) is 0 Å². The molecular weight excluding hydrogens is 264 g/mol. The number of rotatable bonds is 3. The van der Waals surface area contributed by atoms with Crippen molar-refractivity contribution in [3.05, 3.63) is 33.9 Å². The molecule has 0 saturated carbocycles. The Morgan fingerprint density at radius 1 is 1.39 bits per heavy atom. The van der Waals surface area contributed by atoms with E-state index in [9.17, 15) is 28.1 Å². The molecule has 0 N–H and O–H groups in total. The van der Waals surface area contributed by atoms with Gasteiger partial charge in [0.15, 0.2) is 0 Å². The quantitative estimate of drug-likeness (QED) is 0.431. The van der Waals surface area contributed by atoms with E-state index in [1.807, 2.05) is 0 Å². The van der Waals surface area contributed by atoms with Crippen LogP contribution in [-0.4, -0.2) is 36.4 Å². The number of nitro groups is 1. The molecule has 1 aliphatic rings. The fraction of sp³-hybridized carbons (Fsp3) is 0.111. The first-order valence-electron chi connectivity index (χ1n) is 4.68. The van der Waals surface area contributed by atoms with Gasteiger partial charge >= 0.3 is 0 Å². The molecule has 1 aromatic rings. The molecule has 0 radical (unpaired) electrons. The zero-order chi connectivity index (χ0) is 13.5. The molecular formula is C9H6N2O6S. The predicted molar refractivity (Wildman–Crippen MR) is 57.4 cm³/mol. The normalized spacial score (nSPS) is 16.4. The summed E-state index contributed by atoms with van der Waals surface area (Å²) >= 11 is 0. The van der Waals surface area contributed by atoms with Crippen LogP contribution in [0.25, 0.3) is 0 Å². The summed E-state index contributed by atoms with van der Waals surface area (Å²) in [6, 6.07) is 2.92. The third-order valence-electron chi connectivity index (χ3n) is 2.44. The van der Waals surface area contributed by atoms with Crippen LogP contribution in [0.4, 0.5) is 5.69 Å². The zero-order valence-corrected chi connectivity index (χ0v) is 9.59. The maximum atomic E-state index is 11.9. The molecule has 0 saturated heterocycles. The van der Waals surface area contributed by atoms with E-state index >= 15 is 0 Å². The van der Waals surface area contributed by atoms with Gasteiger partial charge in [-0.3, -0.25) is 14.9 Å². The second kappa shape index (κ2) is 3.88. The maximum absolute atomic E-state index is 11.9. The van der Waals surface area contributed by atoms with Gasteiger partial charge in [0.2, 0.25) is 0 Å². The molecule has 18 heavy (non-hydrogen) atoms. The lowest BCUT2D eigenvalue weighted by molar-refractivity contribution is -0.385. The number of hydrogen-bond donors (Lipinski definition) is 0. The molecule has 0 aliphatic carbocycles. The number of benzene rings is 1. The molecule has 1 heterocycles. The summed E-state index contributed by atoms with van der Waals surface area (Å²) in [5.41, 5.74) is -0.597. The molecule has 0 bridgehead atoms. The van der Waals surface area contributed by atoms with Crippen LogP contribution in [0.1, 0.15) is 10.4 Å². The molecule has 0 spiro atoms. The van der Waals surface area contributed by atoms with E-state index in [-0.39, 0.29) is 11.8 Å². The topological polar surface area (TPSA) is 115 Å². The summed E-state index contributed by atoms with van der Waals surface area (Å²) in [6.07, 6.45) is 0.274. The Labute approximate surface area is 101 Å². The molecule has 94 valence electrons. The third-order valence-corrected chi connectivity index (χ3v) is 4.23. The highest BCUT2D eigenvalue weighted by Crippen LogP contribution is 2.32. The first kappa shape index (κ1) is 12.2. The minimum absolute atomic E-state index is 0.164. The van der Waals surface area contributed by atoms with Gasteiger partial charge in [0, 0.05) is 12.1 Å². The number of carbonyl (C=O) groups excluding carboxylic acids is 2. The van der Waals surface area contributed by atoms with Crippen molar-refractivity contribution in [1.82, 2.24) is 4.31 Å². The summed E-state index contributed by atoms with van der Waals surface area (Å²) in [4.78, 5) is 31.4. The Morgan fingerprint density at radius 2 is 2.06 bits per heavy atom. The highest BCUT2D eigenvalue weighted by molar-refractivity contribution is 7.90. The smallest absolute Gasteiger partial charge is 0.270 e. The van der Waals surface area contributed by atoms with Crippen LogP contribution in [0.2, 0.25) is 0 Å². The number of hydrogen-bond acceptors (Lipinski definition) is 6. The van der Waals surface area contributed by atoms with Crippen molar-refractivity contribution in [2.45, 2.75) is 4.90 Å². The Bertz CT molecular complexity index is 666. The van der Waals surface area contributed by atoms with Gasteiger partial charge in [0.25, 0.3) is 21.6 Å². The first-order chi connectivity index (χ1) is 8.39. The molecule has 0 atom stereocenters. The van der Waals surface area contributed by atoms with Crippen molar-refractivity contribution >= 4 is 27.9 Å². The number of carbonyl (C=O) groups is 2. The van der Waals surface area contributed by atoms with Crippen LogP contribution in [-0.2, 0) is 14.8 Å². The van der Waals surface area contributed by atoms with Crippen LogP contribution >= 0.6 is 0 Å². The summed E-state index contributed by atoms with van der Waals surface area (Å²) in [5.74, 6) is -0.855. The van der Waals surface area contributed by atoms with Crippen LogP contribution < -0.4 is 0 Å². The van der Waals surface area contributed by atoms with Crippen LogP contribution in [0.3, 0.4) is 0 Å². The molecule has 0 unspecified atom stereocenters.